The molecule has 1 aliphatic rings. The van der Waals surface area contributed by atoms with Crippen molar-refractivity contribution in [1.29, 1.82) is 0 Å². The molecule has 62 heavy (non-hydrogen) atoms. The van der Waals surface area contributed by atoms with Crippen LogP contribution in [0.25, 0.3) is 0 Å². The third-order valence-corrected chi connectivity index (χ3v) is 10.4. The quantitative estimate of drug-likeness (QED) is 0.0272. The van der Waals surface area contributed by atoms with E-state index in [0.717, 1.165) is 47.9 Å². The fourth-order valence-electron chi connectivity index (χ4n) is 7.01. The van der Waals surface area contributed by atoms with E-state index < -0.39 is 36.6 Å². The number of esters is 1. The fraction of sp³-hybridized carbons (Fsp3) is 0.340. The van der Waals surface area contributed by atoms with E-state index in [1.807, 2.05) is 159 Å². The van der Waals surface area contributed by atoms with E-state index in [4.69, 9.17) is 33.2 Å². The summed E-state index contributed by atoms with van der Waals surface area (Å²) in [6, 6.07) is 58.5. The Balaban J connectivity index is 0.00000113. The van der Waals surface area contributed by atoms with Gasteiger partial charge in [-0.2, -0.15) is 35.9 Å². The Morgan fingerprint density at radius 1 is 0.581 bits per heavy atom. The monoisotopic (exact) mass is 880 g/mol. The molecule has 0 amide bonds. The van der Waals surface area contributed by atoms with Crippen LogP contribution in [0, 0.1) is 5.92 Å². The van der Waals surface area contributed by atoms with E-state index in [1.165, 1.54) is 5.56 Å². The number of hydrogen-bond acceptors (Lipinski definition) is 8. The van der Waals surface area contributed by atoms with Gasteiger partial charge in [0, 0.05) is 0 Å². The van der Waals surface area contributed by atoms with Crippen LogP contribution in [-0.4, -0.2) is 56.5 Å². The number of hydrogen-bond donors (Lipinski definition) is 0. The Morgan fingerprint density at radius 2 is 1.11 bits per heavy atom. The minimum Gasteiger partial charge on any atom is -0.465 e. The molecule has 1 aliphatic heterocycles. The zero-order chi connectivity index (χ0) is 42.2. The van der Waals surface area contributed by atoms with Gasteiger partial charge in [0.1, 0.15) is 24.4 Å². The van der Waals surface area contributed by atoms with Gasteiger partial charge in [-0.1, -0.05) is 134 Å². The van der Waals surface area contributed by atoms with E-state index in [2.05, 4.69) is 24.3 Å². The maximum atomic E-state index is 13.1. The molecule has 6 aromatic carbocycles. The Bertz CT molecular complexity index is 1960. The number of unbranched alkanes of at least 4 members (excludes halogenated alkanes) is 2. The largest absolute Gasteiger partial charge is 2.00 e. The number of rotatable bonds is 23. The van der Waals surface area contributed by atoms with Crippen molar-refractivity contribution in [3.05, 3.63) is 204 Å². The first-order valence-electron chi connectivity index (χ1n) is 21.5. The van der Waals surface area contributed by atoms with Crippen LogP contribution in [-0.2, 0) is 87.9 Å². The van der Waals surface area contributed by atoms with Crippen molar-refractivity contribution < 1.29 is 55.0 Å². The summed E-state index contributed by atoms with van der Waals surface area (Å²) in [5.74, 6) is -0.830. The molecule has 1 heterocycles. The van der Waals surface area contributed by atoms with Crippen molar-refractivity contribution in [3.63, 3.8) is 0 Å². The first-order chi connectivity index (χ1) is 30.1. The predicted molar refractivity (Wildman–Crippen MR) is 238 cm³/mol. The molecule has 0 bridgehead atoms. The average Bonchev–Trinajstić information content (AvgIpc) is 4.08. The van der Waals surface area contributed by atoms with E-state index in [9.17, 15) is 4.79 Å². The van der Waals surface area contributed by atoms with Crippen molar-refractivity contribution >= 4 is 5.97 Å². The summed E-state index contributed by atoms with van der Waals surface area (Å²) < 4.78 is 45.5. The summed E-state index contributed by atoms with van der Waals surface area (Å²) in [4.78, 5) is 13.1. The van der Waals surface area contributed by atoms with Gasteiger partial charge in [0.25, 0.3) is 0 Å². The van der Waals surface area contributed by atoms with Crippen molar-refractivity contribution in [1.82, 2.24) is 0 Å². The molecule has 6 aromatic rings. The van der Waals surface area contributed by atoms with Gasteiger partial charge in [0.2, 0.25) is 0 Å². The zero-order valence-electron chi connectivity index (χ0n) is 35.6. The molecule has 0 aromatic heterocycles. The van der Waals surface area contributed by atoms with Crippen LogP contribution in [0.4, 0.5) is 0 Å². The van der Waals surface area contributed by atoms with Crippen LogP contribution in [0.2, 0.25) is 0 Å². The van der Waals surface area contributed by atoms with Gasteiger partial charge in [0.15, 0.2) is 6.29 Å². The van der Waals surface area contributed by atoms with Crippen molar-refractivity contribution in [2.75, 3.05) is 19.8 Å². The molecule has 1 saturated heterocycles. The second kappa shape index (κ2) is 28.1. The molecule has 0 aliphatic carbocycles. The Labute approximate surface area is 378 Å². The number of aryl methyl sites for hydroxylation is 1. The van der Waals surface area contributed by atoms with Crippen LogP contribution in [0.3, 0.4) is 0 Å². The summed E-state index contributed by atoms with van der Waals surface area (Å²) in [5.41, 5.74) is 5.42. The van der Waals surface area contributed by atoms with E-state index >= 15 is 0 Å². The molecular weight excluding hydrogens is 820 g/mol. The number of benzene rings is 4. The van der Waals surface area contributed by atoms with Crippen molar-refractivity contribution in [2.24, 2.45) is 5.92 Å². The summed E-state index contributed by atoms with van der Waals surface area (Å²) >= 11 is 0. The average molecular weight is 881 g/mol. The summed E-state index contributed by atoms with van der Waals surface area (Å²) in [5, 5.41) is 0. The van der Waals surface area contributed by atoms with Crippen LogP contribution in [0.1, 0.15) is 54.0 Å². The summed E-state index contributed by atoms with van der Waals surface area (Å²) in [6.07, 6.45) is 0.501. The van der Waals surface area contributed by atoms with E-state index in [0.29, 0.717) is 33.0 Å². The zero-order valence-corrected chi connectivity index (χ0v) is 36.7. The summed E-state index contributed by atoms with van der Waals surface area (Å²) in [6.45, 7) is 3.84. The van der Waals surface area contributed by atoms with Gasteiger partial charge in [-0.15, -0.1) is 0 Å². The molecule has 8 nitrogen and oxygen atoms in total. The van der Waals surface area contributed by atoms with Gasteiger partial charge in [-0.05, 0) is 42.0 Å². The molecule has 6 atom stereocenters. The first kappa shape index (κ1) is 48.4. The van der Waals surface area contributed by atoms with Gasteiger partial charge < -0.3 is 33.2 Å². The van der Waals surface area contributed by atoms with Crippen molar-refractivity contribution in [3.8, 4) is 0 Å². The molecule has 0 unspecified atom stereocenters. The van der Waals surface area contributed by atoms with Gasteiger partial charge in [-0.3, -0.25) is 4.79 Å². The van der Waals surface area contributed by atoms with Gasteiger partial charge in [-0.25, -0.2) is 24.3 Å². The molecule has 1 fully saturated rings. The Morgan fingerprint density at radius 3 is 1.63 bits per heavy atom. The number of carbonyl (C=O) groups excluding carboxylic acids is 1. The van der Waals surface area contributed by atoms with Crippen LogP contribution in [0.15, 0.2) is 176 Å². The molecule has 0 radical (unpaired) electrons. The van der Waals surface area contributed by atoms with Crippen LogP contribution < -0.4 is 0 Å². The molecule has 7 rings (SSSR count). The third-order valence-electron chi connectivity index (χ3n) is 10.4. The fourth-order valence-corrected chi connectivity index (χ4v) is 7.01. The molecule has 9 heteroatoms. The van der Waals surface area contributed by atoms with Gasteiger partial charge in [0.05, 0.1) is 52.2 Å². The third kappa shape index (κ3) is 16.9. The van der Waals surface area contributed by atoms with E-state index in [1.54, 1.807) is 0 Å². The topological polar surface area (TPSA) is 81.7 Å². The summed E-state index contributed by atoms with van der Waals surface area (Å²) in [7, 11) is 0. The molecule has 0 N–H and O–H groups in total. The van der Waals surface area contributed by atoms with Gasteiger partial charge >= 0.3 is 23.0 Å². The second-order valence-electron chi connectivity index (χ2n) is 15.3. The molecule has 0 spiro atoms. The predicted octanol–water partition coefficient (Wildman–Crippen LogP) is 10.4. The molecule has 328 valence electrons. The minimum absolute atomic E-state index is 0. The second-order valence-corrected chi connectivity index (χ2v) is 15.3. The smallest absolute Gasteiger partial charge is 0.465 e. The molecular formula is C53H60FeO8. The maximum absolute atomic E-state index is 13.1. The Hall–Kier alpha value is -4.67. The standard InChI is InChI=1S/C48H55O8.C5H5.Fe/c1-37(47(49)51-30-18-6-15-19-38-20-16-17-21-38)31-55-48-46(54-35-42-28-13-5-14-29-42)45(53-34-41-26-11-4-12-27-41)44(52-33-40-24-9-3-10-25-40)43(56-48)36-50-32-39-22-7-2-8-23-39;1-2-4-5-3-1;/h2-5,7-14,16-17,20-29,37,43-46,48H,6,15,18-19,30-36H2,1H3;1-5H;/q2*-1;+2/t37-,43-,44-,45+,46+,48-;;/m1../s1. The van der Waals surface area contributed by atoms with Crippen LogP contribution in [0.5, 0.6) is 0 Å². The maximum Gasteiger partial charge on any atom is 2.00 e. The van der Waals surface area contributed by atoms with Crippen molar-refractivity contribution in [2.45, 2.75) is 89.7 Å². The number of ether oxygens (including phenoxy) is 7. The minimum atomic E-state index is -0.896. The number of carbonyl (C=O) groups is 1. The first-order valence-corrected chi connectivity index (χ1v) is 21.5. The SMILES string of the molecule is C[C@H](CO[C@@H]1O[C@H](COCc2ccccc2)[C@@H](OCc2ccccc2)[C@H](OCc2ccccc2)[C@@H]1OCc1ccccc1)C(=O)OCCCCCc1ccc[cH-]1.[Fe+2].c1cc[cH-]c1. The van der Waals surface area contributed by atoms with Crippen LogP contribution >= 0.6 is 0 Å². The molecule has 0 saturated carbocycles. The Kier molecular flexibility index (Phi) is 21.9. The normalized spacial score (nSPS) is 18.8. The van der Waals surface area contributed by atoms with E-state index in [-0.39, 0.29) is 36.3 Å².